The predicted molar refractivity (Wildman–Crippen MR) is 82.1 cm³/mol. The van der Waals surface area contributed by atoms with Gasteiger partial charge < -0.3 is 14.5 Å². The molecule has 0 radical (unpaired) electrons. The fraction of sp³-hybridized carbons (Fsp3) is 0.467. The molecule has 2 aromatic rings. The van der Waals surface area contributed by atoms with Crippen LogP contribution in [0.3, 0.4) is 0 Å². The van der Waals surface area contributed by atoms with E-state index in [1.165, 1.54) is 0 Å². The summed E-state index contributed by atoms with van der Waals surface area (Å²) in [6, 6.07) is 8.19. The van der Waals surface area contributed by atoms with E-state index in [1.54, 1.807) is 7.11 Å². The van der Waals surface area contributed by atoms with Crippen LogP contribution in [0.2, 0.25) is 0 Å². The van der Waals surface area contributed by atoms with Crippen LogP contribution in [0.25, 0.3) is 0 Å². The van der Waals surface area contributed by atoms with Gasteiger partial charge in [0.1, 0.15) is 5.75 Å². The van der Waals surface area contributed by atoms with Crippen molar-refractivity contribution in [3.05, 3.63) is 30.2 Å². The first kappa shape index (κ1) is 15.3. The number of ether oxygens (including phenoxy) is 1. The van der Waals surface area contributed by atoms with Crippen LogP contribution in [-0.4, -0.2) is 30.9 Å². The molecule has 1 atom stereocenters. The Balaban J connectivity index is 2.17. The molecule has 0 saturated carbocycles. The van der Waals surface area contributed by atoms with Crippen LogP contribution in [0.1, 0.15) is 32.2 Å². The molecule has 1 heterocycles. The summed E-state index contributed by atoms with van der Waals surface area (Å²) in [5.41, 5.74) is 0.879. The van der Waals surface area contributed by atoms with Crippen molar-refractivity contribution in [3.63, 3.8) is 0 Å². The molecular weight excluding hydrogens is 268 g/mol. The number of rotatable bonds is 7. The maximum absolute atomic E-state index is 5.74. The zero-order valence-electron chi connectivity index (χ0n) is 13.0. The zero-order valence-corrected chi connectivity index (χ0v) is 13.0. The molecule has 1 unspecified atom stereocenters. The largest absolute Gasteiger partial charge is 0.495 e. The molecule has 0 aliphatic rings. The minimum absolute atomic E-state index is 0.0391. The fourth-order valence-corrected chi connectivity index (χ4v) is 2.00. The van der Waals surface area contributed by atoms with Crippen LogP contribution in [0.15, 0.2) is 28.7 Å². The van der Waals surface area contributed by atoms with E-state index in [-0.39, 0.29) is 6.04 Å². The molecule has 0 fully saturated rings. The number of anilines is 2. The predicted octanol–water partition coefficient (Wildman–Crippen LogP) is 2.91. The van der Waals surface area contributed by atoms with Crippen molar-refractivity contribution in [1.29, 1.82) is 0 Å². The van der Waals surface area contributed by atoms with Gasteiger partial charge in [-0.1, -0.05) is 24.2 Å². The number of aromatic nitrogens is 2. The average Bonchev–Trinajstić information content (AvgIpc) is 3.01. The monoisotopic (exact) mass is 290 g/mol. The molecule has 0 saturated heterocycles. The van der Waals surface area contributed by atoms with E-state index < -0.39 is 0 Å². The Kier molecular flexibility index (Phi) is 5.16. The van der Waals surface area contributed by atoms with Gasteiger partial charge in [0.05, 0.1) is 18.8 Å². The Morgan fingerprint density at radius 3 is 2.81 bits per heavy atom. The molecule has 6 nitrogen and oxygen atoms in total. The molecule has 0 spiro atoms. The van der Waals surface area contributed by atoms with Crippen LogP contribution >= 0.6 is 0 Å². The van der Waals surface area contributed by atoms with Crippen LogP contribution < -0.4 is 15.0 Å². The van der Waals surface area contributed by atoms with Crippen LogP contribution in [-0.2, 0) is 0 Å². The lowest BCUT2D eigenvalue weighted by molar-refractivity contribution is 0.410. The summed E-state index contributed by atoms with van der Waals surface area (Å²) in [7, 11) is 3.52. The molecule has 1 N–H and O–H groups in total. The average molecular weight is 290 g/mol. The second-order valence-electron chi connectivity index (χ2n) is 4.83. The summed E-state index contributed by atoms with van der Waals surface area (Å²) >= 11 is 0. The third-order valence-corrected chi connectivity index (χ3v) is 3.23. The highest BCUT2D eigenvalue weighted by molar-refractivity contribution is 5.63. The van der Waals surface area contributed by atoms with Crippen molar-refractivity contribution < 1.29 is 9.15 Å². The number of para-hydroxylation sites is 2. The molecule has 6 heteroatoms. The quantitative estimate of drug-likeness (QED) is 0.846. The second-order valence-corrected chi connectivity index (χ2v) is 4.83. The molecule has 21 heavy (non-hydrogen) atoms. The van der Waals surface area contributed by atoms with Gasteiger partial charge in [0.15, 0.2) is 0 Å². The molecule has 0 bridgehead atoms. The normalized spacial score (nSPS) is 12.2. The standard InChI is InChI=1S/C15H22N4O2/c1-5-10-16-11(2)14-17-18-15(21-14)19(3)12-8-6-7-9-13(12)20-4/h6-9,11,16H,5,10H2,1-4H3. The Bertz CT molecular complexity index is 570. The highest BCUT2D eigenvalue weighted by atomic mass is 16.5. The number of hydrogen-bond donors (Lipinski definition) is 1. The molecular formula is C15H22N4O2. The number of hydrogen-bond acceptors (Lipinski definition) is 6. The molecule has 0 aliphatic carbocycles. The number of nitrogens with zero attached hydrogens (tertiary/aromatic N) is 3. The zero-order chi connectivity index (χ0) is 15.2. The van der Waals surface area contributed by atoms with Gasteiger partial charge in [0, 0.05) is 7.05 Å². The van der Waals surface area contributed by atoms with Gasteiger partial charge in [-0.15, -0.1) is 5.10 Å². The van der Waals surface area contributed by atoms with Crippen molar-refractivity contribution in [1.82, 2.24) is 15.5 Å². The topological polar surface area (TPSA) is 63.4 Å². The van der Waals surface area contributed by atoms with Crippen LogP contribution in [0, 0.1) is 0 Å². The highest BCUT2D eigenvalue weighted by Crippen LogP contribution is 2.31. The number of nitrogens with one attached hydrogen (secondary N) is 1. The summed E-state index contributed by atoms with van der Waals surface area (Å²) in [5, 5.41) is 11.5. The summed E-state index contributed by atoms with van der Waals surface area (Å²) in [4.78, 5) is 1.82. The first-order valence-corrected chi connectivity index (χ1v) is 7.10. The van der Waals surface area contributed by atoms with Crippen molar-refractivity contribution >= 4 is 11.7 Å². The van der Waals surface area contributed by atoms with E-state index in [1.807, 2.05) is 43.1 Å². The van der Waals surface area contributed by atoms with Crippen molar-refractivity contribution in [3.8, 4) is 5.75 Å². The highest BCUT2D eigenvalue weighted by Gasteiger charge is 2.18. The Labute approximate surface area is 125 Å². The van der Waals surface area contributed by atoms with Crippen molar-refractivity contribution in [2.45, 2.75) is 26.3 Å². The summed E-state index contributed by atoms with van der Waals surface area (Å²) in [5.74, 6) is 1.34. The second kappa shape index (κ2) is 7.08. The molecule has 1 aromatic carbocycles. The van der Waals surface area contributed by atoms with E-state index in [9.17, 15) is 0 Å². The van der Waals surface area contributed by atoms with E-state index >= 15 is 0 Å². The number of benzene rings is 1. The van der Waals surface area contributed by atoms with Gasteiger partial charge in [0.25, 0.3) is 0 Å². The summed E-state index contributed by atoms with van der Waals surface area (Å²) in [6.45, 7) is 5.05. The van der Waals surface area contributed by atoms with E-state index in [0.29, 0.717) is 11.9 Å². The molecule has 2 rings (SSSR count). The lowest BCUT2D eigenvalue weighted by atomic mass is 10.3. The first-order valence-electron chi connectivity index (χ1n) is 7.10. The lowest BCUT2D eigenvalue weighted by Gasteiger charge is -2.17. The summed E-state index contributed by atoms with van der Waals surface area (Å²) in [6.07, 6.45) is 1.06. The van der Waals surface area contributed by atoms with Crippen molar-refractivity contribution in [2.24, 2.45) is 0 Å². The smallest absolute Gasteiger partial charge is 0.322 e. The van der Waals surface area contributed by atoms with Gasteiger partial charge >= 0.3 is 6.01 Å². The van der Waals surface area contributed by atoms with Gasteiger partial charge in [-0.25, -0.2) is 0 Å². The van der Waals surface area contributed by atoms with E-state index in [4.69, 9.17) is 9.15 Å². The minimum atomic E-state index is 0.0391. The third kappa shape index (κ3) is 3.52. The minimum Gasteiger partial charge on any atom is -0.495 e. The maximum atomic E-state index is 5.74. The molecule has 0 aliphatic heterocycles. The summed E-state index contributed by atoms with van der Waals surface area (Å²) < 4.78 is 11.1. The Morgan fingerprint density at radius 1 is 1.33 bits per heavy atom. The third-order valence-electron chi connectivity index (χ3n) is 3.23. The Morgan fingerprint density at radius 2 is 2.10 bits per heavy atom. The van der Waals surface area contributed by atoms with Gasteiger partial charge in [-0.3, -0.25) is 4.90 Å². The van der Waals surface area contributed by atoms with Gasteiger partial charge in [-0.2, -0.15) is 0 Å². The van der Waals surface area contributed by atoms with Crippen LogP contribution in [0.4, 0.5) is 11.7 Å². The van der Waals surface area contributed by atoms with Crippen LogP contribution in [0.5, 0.6) is 5.75 Å². The molecule has 0 amide bonds. The lowest BCUT2D eigenvalue weighted by Crippen LogP contribution is -2.19. The van der Waals surface area contributed by atoms with Gasteiger partial charge in [-0.05, 0) is 32.0 Å². The van der Waals surface area contributed by atoms with E-state index in [0.717, 1.165) is 24.4 Å². The maximum Gasteiger partial charge on any atom is 0.322 e. The fourth-order valence-electron chi connectivity index (χ4n) is 2.00. The van der Waals surface area contributed by atoms with E-state index in [2.05, 4.69) is 22.4 Å². The van der Waals surface area contributed by atoms with Gasteiger partial charge in [0.2, 0.25) is 5.89 Å². The Hall–Kier alpha value is -2.08. The SMILES string of the molecule is CCCNC(C)c1nnc(N(C)c2ccccc2OC)o1. The first-order chi connectivity index (χ1) is 10.2. The molecule has 114 valence electrons. The number of methoxy groups -OCH3 is 1. The molecule has 1 aromatic heterocycles. The van der Waals surface area contributed by atoms with Crippen molar-refractivity contribution in [2.75, 3.05) is 25.6 Å².